The van der Waals surface area contributed by atoms with E-state index in [0.717, 1.165) is 29.9 Å². The number of hydrogen-bond acceptors (Lipinski definition) is 3. The summed E-state index contributed by atoms with van der Waals surface area (Å²) in [6.45, 7) is 5.44. The van der Waals surface area contributed by atoms with E-state index in [0.29, 0.717) is 5.69 Å². The Morgan fingerprint density at radius 1 is 1.20 bits per heavy atom. The molecule has 0 spiro atoms. The zero-order valence-corrected chi connectivity index (χ0v) is 12.1. The molecule has 0 aliphatic carbocycles. The van der Waals surface area contributed by atoms with Crippen molar-refractivity contribution in [2.45, 2.75) is 26.9 Å². The summed E-state index contributed by atoms with van der Waals surface area (Å²) in [5.41, 5.74) is 4.87. The van der Waals surface area contributed by atoms with Gasteiger partial charge in [-0.15, -0.1) is 0 Å². The van der Waals surface area contributed by atoms with E-state index in [9.17, 15) is 4.79 Å². The molecule has 0 saturated heterocycles. The van der Waals surface area contributed by atoms with E-state index in [-0.39, 0.29) is 5.97 Å². The third-order valence-electron chi connectivity index (χ3n) is 3.46. The number of esters is 1. The molecular weight excluding hydrogens is 252 g/mol. The van der Waals surface area contributed by atoms with Crippen LogP contribution in [0.4, 0.5) is 0 Å². The lowest BCUT2D eigenvalue weighted by molar-refractivity contribution is 0.0594. The van der Waals surface area contributed by atoms with Gasteiger partial charge in [0.2, 0.25) is 0 Å². The van der Waals surface area contributed by atoms with Crippen molar-refractivity contribution >= 4 is 5.97 Å². The van der Waals surface area contributed by atoms with Gasteiger partial charge in [0.15, 0.2) is 0 Å². The minimum atomic E-state index is -0.320. The number of rotatable bonds is 5. The van der Waals surface area contributed by atoms with E-state index in [1.807, 2.05) is 32.0 Å². The number of benzene rings is 1. The van der Waals surface area contributed by atoms with Crippen molar-refractivity contribution in [2.24, 2.45) is 0 Å². The maximum atomic E-state index is 11.6. The first-order valence-electron chi connectivity index (χ1n) is 6.64. The van der Waals surface area contributed by atoms with Crippen molar-refractivity contribution in [3.05, 3.63) is 58.4 Å². The predicted molar refractivity (Wildman–Crippen MR) is 78.6 cm³/mol. The van der Waals surface area contributed by atoms with Gasteiger partial charge in [0.1, 0.15) is 5.69 Å². The third kappa shape index (κ3) is 3.08. The number of ether oxygens (including phenoxy) is 1. The Labute approximate surface area is 119 Å². The van der Waals surface area contributed by atoms with Gasteiger partial charge in [-0.25, -0.2) is 4.79 Å². The number of carbonyl (C=O) groups is 1. The lowest BCUT2D eigenvalue weighted by atomic mass is 10.1. The van der Waals surface area contributed by atoms with Gasteiger partial charge >= 0.3 is 5.97 Å². The van der Waals surface area contributed by atoms with Gasteiger partial charge in [-0.1, -0.05) is 30.3 Å². The minimum Gasteiger partial charge on any atom is -0.464 e. The van der Waals surface area contributed by atoms with Crippen LogP contribution in [0.25, 0.3) is 0 Å². The zero-order valence-electron chi connectivity index (χ0n) is 12.1. The number of aryl methyl sites for hydroxylation is 1. The molecule has 4 nitrogen and oxygen atoms in total. The SMILES string of the molecule is COC(=O)c1[nH]c(C)c(CNCc2ccccc2)c1C. The number of carbonyl (C=O) groups excluding carboxylic acids is 1. The van der Waals surface area contributed by atoms with Crippen LogP contribution < -0.4 is 5.32 Å². The highest BCUT2D eigenvalue weighted by Crippen LogP contribution is 2.18. The van der Waals surface area contributed by atoms with Crippen LogP contribution in [0, 0.1) is 13.8 Å². The van der Waals surface area contributed by atoms with Crippen LogP contribution in [0.3, 0.4) is 0 Å². The smallest absolute Gasteiger partial charge is 0.354 e. The average Bonchev–Trinajstić information content (AvgIpc) is 2.75. The van der Waals surface area contributed by atoms with Crippen molar-refractivity contribution in [3.8, 4) is 0 Å². The molecule has 2 rings (SSSR count). The van der Waals surface area contributed by atoms with Crippen LogP contribution >= 0.6 is 0 Å². The third-order valence-corrected chi connectivity index (χ3v) is 3.46. The molecule has 0 aliphatic heterocycles. The molecule has 0 bridgehead atoms. The number of hydrogen-bond donors (Lipinski definition) is 2. The Kier molecular flexibility index (Phi) is 4.58. The Morgan fingerprint density at radius 3 is 2.55 bits per heavy atom. The van der Waals surface area contributed by atoms with Crippen molar-refractivity contribution in [1.29, 1.82) is 0 Å². The monoisotopic (exact) mass is 272 g/mol. The molecule has 1 aromatic heterocycles. The van der Waals surface area contributed by atoms with Gasteiger partial charge in [0, 0.05) is 18.8 Å². The van der Waals surface area contributed by atoms with Crippen LogP contribution in [0.2, 0.25) is 0 Å². The van der Waals surface area contributed by atoms with Crippen LogP contribution in [0.15, 0.2) is 30.3 Å². The fourth-order valence-electron chi connectivity index (χ4n) is 2.29. The van der Waals surface area contributed by atoms with E-state index in [2.05, 4.69) is 22.4 Å². The lowest BCUT2D eigenvalue weighted by Gasteiger charge is -2.06. The molecule has 0 atom stereocenters. The Hall–Kier alpha value is -2.07. The molecule has 1 aromatic carbocycles. The first kappa shape index (κ1) is 14.3. The van der Waals surface area contributed by atoms with Gasteiger partial charge in [-0.2, -0.15) is 0 Å². The van der Waals surface area contributed by atoms with E-state index in [1.165, 1.54) is 12.7 Å². The standard InChI is InChI=1S/C16H20N2O2/c1-11-14(12(2)18-15(11)16(19)20-3)10-17-9-13-7-5-4-6-8-13/h4-8,17-18H,9-10H2,1-3H3. The summed E-state index contributed by atoms with van der Waals surface area (Å²) in [5.74, 6) is -0.320. The van der Waals surface area contributed by atoms with E-state index >= 15 is 0 Å². The van der Waals surface area contributed by atoms with E-state index < -0.39 is 0 Å². The second-order valence-electron chi connectivity index (χ2n) is 4.81. The normalized spacial score (nSPS) is 10.6. The molecule has 0 saturated carbocycles. The molecular formula is C16H20N2O2. The summed E-state index contributed by atoms with van der Waals surface area (Å²) >= 11 is 0. The predicted octanol–water partition coefficient (Wildman–Crippen LogP) is 2.71. The molecule has 0 unspecified atom stereocenters. The highest BCUT2D eigenvalue weighted by atomic mass is 16.5. The summed E-state index contributed by atoms with van der Waals surface area (Å²) in [7, 11) is 1.39. The fourth-order valence-corrected chi connectivity index (χ4v) is 2.29. The number of aromatic nitrogens is 1. The van der Waals surface area contributed by atoms with Gasteiger partial charge in [0.05, 0.1) is 7.11 Å². The second kappa shape index (κ2) is 6.39. The van der Waals surface area contributed by atoms with E-state index in [1.54, 1.807) is 0 Å². The van der Waals surface area contributed by atoms with Crippen molar-refractivity contribution in [1.82, 2.24) is 10.3 Å². The Bertz CT molecular complexity index is 588. The number of aromatic amines is 1. The minimum absolute atomic E-state index is 0.320. The van der Waals surface area contributed by atoms with Crippen molar-refractivity contribution < 1.29 is 9.53 Å². The average molecular weight is 272 g/mol. The first-order chi connectivity index (χ1) is 9.63. The number of methoxy groups -OCH3 is 1. The summed E-state index contributed by atoms with van der Waals surface area (Å²) < 4.78 is 4.77. The Morgan fingerprint density at radius 2 is 1.90 bits per heavy atom. The van der Waals surface area contributed by atoms with Crippen LogP contribution in [-0.2, 0) is 17.8 Å². The molecule has 2 aromatic rings. The highest BCUT2D eigenvalue weighted by molar-refractivity contribution is 5.89. The van der Waals surface area contributed by atoms with Gasteiger partial charge in [-0.05, 0) is 30.5 Å². The largest absolute Gasteiger partial charge is 0.464 e. The zero-order chi connectivity index (χ0) is 14.5. The summed E-state index contributed by atoms with van der Waals surface area (Å²) in [5, 5.41) is 3.40. The summed E-state index contributed by atoms with van der Waals surface area (Å²) in [4.78, 5) is 14.7. The molecule has 106 valence electrons. The molecule has 0 fully saturated rings. The Balaban J connectivity index is 2.03. The van der Waals surface area contributed by atoms with Crippen LogP contribution in [0.1, 0.15) is 32.9 Å². The van der Waals surface area contributed by atoms with Crippen LogP contribution in [0.5, 0.6) is 0 Å². The van der Waals surface area contributed by atoms with E-state index in [4.69, 9.17) is 4.74 Å². The number of nitrogens with one attached hydrogen (secondary N) is 2. The molecule has 2 N–H and O–H groups in total. The molecule has 0 radical (unpaired) electrons. The quantitative estimate of drug-likeness (QED) is 0.823. The molecule has 20 heavy (non-hydrogen) atoms. The summed E-state index contributed by atoms with van der Waals surface area (Å²) in [6, 6.07) is 10.2. The first-order valence-corrected chi connectivity index (χ1v) is 6.64. The maximum absolute atomic E-state index is 11.6. The summed E-state index contributed by atoms with van der Waals surface area (Å²) in [6.07, 6.45) is 0. The topological polar surface area (TPSA) is 54.1 Å². The van der Waals surface area contributed by atoms with Gasteiger partial charge in [0.25, 0.3) is 0 Å². The molecule has 4 heteroatoms. The maximum Gasteiger partial charge on any atom is 0.354 e. The molecule has 0 aliphatic rings. The van der Waals surface area contributed by atoms with Crippen molar-refractivity contribution in [2.75, 3.05) is 7.11 Å². The fraction of sp³-hybridized carbons (Fsp3) is 0.312. The van der Waals surface area contributed by atoms with Gasteiger partial charge in [-0.3, -0.25) is 0 Å². The van der Waals surface area contributed by atoms with Crippen molar-refractivity contribution in [3.63, 3.8) is 0 Å². The van der Waals surface area contributed by atoms with Crippen LogP contribution in [-0.4, -0.2) is 18.1 Å². The number of H-pyrrole nitrogens is 1. The molecule has 0 amide bonds. The highest BCUT2D eigenvalue weighted by Gasteiger charge is 2.17. The lowest BCUT2D eigenvalue weighted by Crippen LogP contribution is -2.13. The molecule has 1 heterocycles. The second-order valence-corrected chi connectivity index (χ2v) is 4.81. The van der Waals surface area contributed by atoms with Gasteiger partial charge < -0.3 is 15.0 Å².